The summed E-state index contributed by atoms with van der Waals surface area (Å²) in [5.74, 6) is -0.882. The normalized spacial score (nSPS) is 9.88. The Bertz CT molecular complexity index is 800. The maximum Gasteiger partial charge on any atom is 0.314 e. The highest BCUT2D eigenvalue weighted by Gasteiger charge is 2.17. The Labute approximate surface area is 144 Å². The first-order valence-corrected chi connectivity index (χ1v) is 7.40. The topological polar surface area (TPSA) is 93.7 Å². The molecule has 0 aromatic heterocycles. The van der Waals surface area contributed by atoms with Gasteiger partial charge in [-0.25, -0.2) is 0 Å². The van der Waals surface area contributed by atoms with Gasteiger partial charge in [-0.2, -0.15) is 0 Å². The van der Waals surface area contributed by atoms with Crippen molar-refractivity contribution in [2.75, 3.05) is 24.9 Å². The minimum atomic E-state index is -0.859. The first kappa shape index (κ1) is 18.0. The van der Waals surface area contributed by atoms with Crippen molar-refractivity contribution in [3.63, 3.8) is 0 Å². The molecule has 0 saturated carbocycles. The molecule has 0 fully saturated rings. The van der Waals surface area contributed by atoms with Gasteiger partial charge in [0.15, 0.2) is 5.78 Å². The van der Waals surface area contributed by atoms with Gasteiger partial charge in [0.05, 0.1) is 19.9 Å². The average Bonchev–Trinajstić information content (AvgIpc) is 2.61. The minimum absolute atomic E-state index is 0.0826. The zero-order valence-corrected chi connectivity index (χ0v) is 14.1. The largest absolute Gasteiger partial charge is 0.497 e. The van der Waals surface area contributed by atoms with Gasteiger partial charge in [-0.1, -0.05) is 0 Å². The summed E-state index contributed by atoms with van der Waals surface area (Å²) < 4.78 is 10.2. The lowest BCUT2D eigenvalue weighted by Crippen LogP contribution is -2.29. The van der Waals surface area contributed by atoms with Crippen LogP contribution < -0.4 is 20.1 Å². The number of Topliss-reactive ketones (excluding diaryl/α,β-unsaturated/α-hetero) is 1. The van der Waals surface area contributed by atoms with Crippen LogP contribution in [0.1, 0.15) is 17.3 Å². The Morgan fingerprint density at radius 3 is 2.04 bits per heavy atom. The molecule has 0 aliphatic heterocycles. The standard InChI is InChI=1S/C18H18N2O5/c1-11(21)12-4-6-13(7-5-12)19-17(22)18(23)20-15-10-14(24-2)8-9-16(15)25-3/h4-10H,1-3H3,(H,19,22)(H,20,23). The van der Waals surface area contributed by atoms with Crippen molar-refractivity contribution in [1.29, 1.82) is 0 Å². The third kappa shape index (κ3) is 4.57. The van der Waals surface area contributed by atoms with Crippen molar-refractivity contribution in [2.24, 2.45) is 0 Å². The molecular formula is C18H18N2O5. The van der Waals surface area contributed by atoms with Gasteiger partial charge in [0, 0.05) is 17.3 Å². The van der Waals surface area contributed by atoms with E-state index in [0.717, 1.165) is 0 Å². The molecule has 0 heterocycles. The molecule has 2 rings (SSSR count). The van der Waals surface area contributed by atoms with Crippen LogP contribution in [0.5, 0.6) is 11.5 Å². The highest BCUT2D eigenvalue weighted by atomic mass is 16.5. The molecule has 0 aliphatic rings. The van der Waals surface area contributed by atoms with Crippen LogP contribution in [-0.4, -0.2) is 31.8 Å². The highest BCUT2D eigenvalue weighted by molar-refractivity contribution is 6.43. The van der Waals surface area contributed by atoms with E-state index in [1.54, 1.807) is 42.5 Å². The number of hydrogen-bond acceptors (Lipinski definition) is 5. The second-order valence-electron chi connectivity index (χ2n) is 5.11. The van der Waals surface area contributed by atoms with Crippen molar-refractivity contribution in [2.45, 2.75) is 6.92 Å². The van der Waals surface area contributed by atoms with Crippen LogP contribution in [0.2, 0.25) is 0 Å². The Morgan fingerprint density at radius 1 is 0.840 bits per heavy atom. The number of rotatable bonds is 5. The summed E-state index contributed by atoms with van der Waals surface area (Å²) in [5, 5.41) is 4.94. The number of ether oxygens (including phenoxy) is 2. The molecule has 0 aliphatic carbocycles. The van der Waals surface area contributed by atoms with Crippen molar-refractivity contribution >= 4 is 29.0 Å². The van der Waals surface area contributed by atoms with Crippen LogP contribution in [0.4, 0.5) is 11.4 Å². The molecule has 7 heteroatoms. The molecule has 0 saturated heterocycles. The van der Waals surface area contributed by atoms with Crippen LogP contribution in [0.25, 0.3) is 0 Å². The lowest BCUT2D eigenvalue weighted by Gasteiger charge is -2.11. The number of nitrogens with one attached hydrogen (secondary N) is 2. The molecule has 130 valence electrons. The van der Waals surface area contributed by atoms with E-state index < -0.39 is 11.8 Å². The number of methoxy groups -OCH3 is 2. The highest BCUT2D eigenvalue weighted by Crippen LogP contribution is 2.28. The predicted octanol–water partition coefficient (Wildman–Crippen LogP) is 2.48. The molecule has 2 aromatic rings. The van der Waals surface area contributed by atoms with Crippen LogP contribution >= 0.6 is 0 Å². The molecular weight excluding hydrogens is 324 g/mol. The number of hydrogen-bond donors (Lipinski definition) is 2. The van der Waals surface area contributed by atoms with Gasteiger partial charge < -0.3 is 20.1 Å². The summed E-state index contributed by atoms with van der Waals surface area (Å²) in [6, 6.07) is 11.1. The van der Waals surface area contributed by atoms with E-state index in [-0.39, 0.29) is 5.78 Å². The van der Waals surface area contributed by atoms with Crippen molar-refractivity contribution in [3.05, 3.63) is 48.0 Å². The molecule has 0 spiro atoms. The molecule has 2 amide bonds. The molecule has 0 bridgehead atoms. The van der Waals surface area contributed by atoms with Crippen LogP contribution in [0, 0.1) is 0 Å². The van der Waals surface area contributed by atoms with Crippen LogP contribution in [0.3, 0.4) is 0 Å². The van der Waals surface area contributed by atoms with E-state index in [0.29, 0.717) is 28.4 Å². The fourth-order valence-corrected chi connectivity index (χ4v) is 2.07. The summed E-state index contributed by atoms with van der Waals surface area (Å²) >= 11 is 0. The van der Waals surface area contributed by atoms with Gasteiger partial charge in [-0.15, -0.1) is 0 Å². The Balaban J connectivity index is 2.07. The monoisotopic (exact) mass is 342 g/mol. The number of ketones is 1. The van der Waals surface area contributed by atoms with E-state index in [9.17, 15) is 14.4 Å². The van der Waals surface area contributed by atoms with Crippen molar-refractivity contribution in [3.8, 4) is 11.5 Å². The van der Waals surface area contributed by atoms with Gasteiger partial charge in [0.2, 0.25) is 0 Å². The third-order valence-corrected chi connectivity index (χ3v) is 3.41. The Hall–Kier alpha value is -3.35. The van der Waals surface area contributed by atoms with E-state index in [1.807, 2.05) is 0 Å². The maximum absolute atomic E-state index is 12.1. The van der Waals surface area contributed by atoms with Gasteiger partial charge in [0.25, 0.3) is 0 Å². The maximum atomic E-state index is 12.1. The van der Waals surface area contributed by atoms with Gasteiger partial charge in [-0.05, 0) is 43.3 Å². The van der Waals surface area contributed by atoms with E-state index in [4.69, 9.17) is 9.47 Å². The Kier molecular flexibility index (Phi) is 5.73. The smallest absolute Gasteiger partial charge is 0.314 e. The van der Waals surface area contributed by atoms with Gasteiger partial charge in [-0.3, -0.25) is 14.4 Å². The second-order valence-corrected chi connectivity index (χ2v) is 5.11. The fourth-order valence-electron chi connectivity index (χ4n) is 2.07. The summed E-state index contributed by atoms with van der Waals surface area (Å²) in [6.45, 7) is 1.45. The number of carbonyl (C=O) groups excluding carboxylic acids is 3. The molecule has 0 unspecified atom stereocenters. The summed E-state index contributed by atoms with van der Waals surface area (Å²) in [7, 11) is 2.94. The van der Waals surface area contributed by atoms with Crippen molar-refractivity contribution in [1.82, 2.24) is 0 Å². The number of anilines is 2. The summed E-state index contributed by atoms with van der Waals surface area (Å²) in [5.41, 5.74) is 1.24. The van der Waals surface area contributed by atoms with Crippen LogP contribution in [-0.2, 0) is 9.59 Å². The second kappa shape index (κ2) is 7.96. The quantitative estimate of drug-likeness (QED) is 0.643. The number of benzene rings is 2. The van der Waals surface area contributed by atoms with Crippen LogP contribution in [0.15, 0.2) is 42.5 Å². The molecule has 0 atom stereocenters. The van der Waals surface area contributed by atoms with Crippen molar-refractivity contribution < 1.29 is 23.9 Å². The third-order valence-electron chi connectivity index (χ3n) is 3.41. The van der Waals surface area contributed by atoms with E-state index >= 15 is 0 Å². The summed E-state index contributed by atoms with van der Waals surface area (Å²) in [4.78, 5) is 35.3. The predicted molar refractivity (Wildman–Crippen MR) is 93.3 cm³/mol. The molecule has 25 heavy (non-hydrogen) atoms. The zero-order chi connectivity index (χ0) is 18.4. The minimum Gasteiger partial charge on any atom is -0.497 e. The van der Waals surface area contributed by atoms with Gasteiger partial charge in [0.1, 0.15) is 11.5 Å². The fraction of sp³-hybridized carbons (Fsp3) is 0.167. The lowest BCUT2D eigenvalue weighted by molar-refractivity contribution is -0.133. The Morgan fingerprint density at radius 2 is 1.48 bits per heavy atom. The molecule has 0 radical (unpaired) electrons. The average molecular weight is 342 g/mol. The van der Waals surface area contributed by atoms with E-state index in [1.165, 1.54) is 21.1 Å². The van der Waals surface area contributed by atoms with Gasteiger partial charge >= 0.3 is 11.8 Å². The first-order valence-electron chi connectivity index (χ1n) is 7.40. The molecule has 2 N–H and O–H groups in total. The zero-order valence-electron chi connectivity index (χ0n) is 14.1. The number of amides is 2. The molecule has 2 aromatic carbocycles. The lowest BCUT2D eigenvalue weighted by atomic mass is 10.1. The first-order chi connectivity index (χ1) is 11.9. The molecule has 7 nitrogen and oxygen atoms in total. The SMILES string of the molecule is COc1ccc(OC)c(NC(=O)C(=O)Nc2ccc(C(C)=O)cc2)c1. The summed E-state index contributed by atoms with van der Waals surface area (Å²) in [6.07, 6.45) is 0. The number of carbonyl (C=O) groups is 3. The van der Waals surface area contributed by atoms with E-state index in [2.05, 4.69) is 10.6 Å².